The summed E-state index contributed by atoms with van der Waals surface area (Å²) in [5.74, 6) is -0.813. The van der Waals surface area contributed by atoms with E-state index in [4.69, 9.17) is 18.5 Å². The van der Waals surface area contributed by atoms with Crippen LogP contribution in [-0.4, -0.2) is 70.0 Å². The van der Waals surface area contributed by atoms with E-state index in [1.165, 1.54) is 250 Å². The third kappa shape index (κ3) is 72.5. The van der Waals surface area contributed by atoms with E-state index in [9.17, 15) is 19.0 Å². The molecule has 10 heteroatoms. The third-order valence-electron chi connectivity index (χ3n) is 16.7. The van der Waals surface area contributed by atoms with Crippen LogP contribution in [0.1, 0.15) is 361 Å². The van der Waals surface area contributed by atoms with Crippen LogP contribution in [0.15, 0.2) is 72.9 Å². The van der Waals surface area contributed by atoms with Crippen LogP contribution in [0.2, 0.25) is 0 Å². The first-order valence-corrected chi connectivity index (χ1v) is 39.1. The van der Waals surface area contributed by atoms with Gasteiger partial charge in [0.15, 0.2) is 6.10 Å². The molecule has 0 amide bonds. The monoisotopic (exact) mass is 1250 g/mol. The number of hydrogen-bond donors (Lipinski definition) is 0. The number of likely N-dealkylation sites (N-methyl/N-ethyl adjacent to an activating group) is 1. The molecule has 0 fully saturated rings. The van der Waals surface area contributed by atoms with E-state index in [1.54, 1.807) is 0 Å². The van der Waals surface area contributed by atoms with Gasteiger partial charge in [0.05, 0.1) is 27.7 Å². The van der Waals surface area contributed by atoms with Gasteiger partial charge in [0, 0.05) is 12.8 Å². The number of carbonyl (C=O) groups is 2. The molecule has 0 saturated carbocycles. The first kappa shape index (κ1) is 85.5. The highest BCUT2D eigenvalue weighted by Gasteiger charge is 2.22. The normalized spacial score (nSPS) is 13.5. The Morgan fingerprint density at radius 2 is 0.648 bits per heavy atom. The van der Waals surface area contributed by atoms with E-state index in [1.807, 2.05) is 21.1 Å². The number of nitrogens with zero attached hydrogens (tertiary/aromatic N) is 1. The van der Waals surface area contributed by atoms with Crippen LogP contribution < -0.4 is 4.89 Å². The topological polar surface area (TPSA) is 111 Å². The summed E-state index contributed by atoms with van der Waals surface area (Å²) in [6.45, 7) is 4.19. The largest absolute Gasteiger partial charge is 0.756 e. The van der Waals surface area contributed by atoms with Gasteiger partial charge in [-0.1, -0.05) is 356 Å². The molecule has 0 aromatic rings. The van der Waals surface area contributed by atoms with Crippen molar-refractivity contribution in [3.8, 4) is 0 Å². The Hall–Kier alpha value is -2.55. The quantitative estimate of drug-likeness (QED) is 0.0195. The van der Waals surface area contributed by atoms with E-state index in [0.717, 1.165) is 77.0 Å². The van der Waals surface area contributed by atoms with Gasteiger partial charge in [-0.3, -0.25) is 14.2 Å². The highest BCUT2D eigenvalue weighted by molar-refractivity contribution is 7.45. The maximum Gasteiger partial charge on any atom is 0.306 e. The van der Waals surface area contributed by atoms with Crippen molar-refractivity contribution in [2.24, 2.45) is 0 Å². The molecule has 0 rings (SSSR count). The number of allylic oxidation sites excluding steroid dienone is 12. The van der Waals surface area contributed by atoms with Crippen molar-refractivity contribution in [2.45, 2.75) is 367 Å². The molecule has 0 spiro atoms. The van der Waals surface area contributed by atoms with Gasteiger partial charge in [-0.05, 0) is 64.2 Å². The number of quaternary nitrogens is 1. The lowest BCUT2D eigenvalue weighted by Gasteiger charge is -2.28. The zero-order chi connectivity index (χ0) is 64.1. The average molecular weight is 1250 g/mol. The number of phosphoric ester groups is 1. The Balaban J connectivity index is 3.96. The summed E-state index contributed by atoms with van der Waals surface area (Å²) < 4.78 is 34.4. The average Bonchev–Trinajstić information content (AvgIpc) is 3.68. The minimum Gasteiger partial charge on any atom is -0.756 e. The van der Waals surface area contributed by atoms with Gasteiger partial charge in [-0.15, -0.1) is 0 Å². The van der Waals surface area contributed by atoms with Crippen LogP contribution in [0.25, 0.3) is 0 Å². The highest BCUT2D eigenvalue weighted by Crippen LogP contribution is 2.38. The Morgan fingerprint density at radius 3 is 0.966 bits per heavy atom. The van der Waals surface area contributed by atoms with Crippen molar-refractivity contribution in [1.82, 2.24) is 0 Å². The van der Waals surface area contributed by atoms with Crippen molar-refractivity contribution >= 4 is 19.8 Å². The number of carbonyl (C=O) groups excluding carboxylic acids is 2. The molecule has 0 aromatic carbocycles. The fourth-order valence-electron chi connectivity index (χ4n) is 11.0. The van der Waals surface area contributed by atoms with E-state index in [-0.39, 0.29) is 32.0 Å². The minimum atomic E-state index is -4.64. The van der Waals surface area contributed by atoms with Gasteiger partial charge in [-0.25, -0.2) is 0 Å². The molecule has 0 aromatic heterocycles. The fraction of sp³-hybridized carbons (Fsp3) is 0.821. The van der Waals surface area contributed by atoms with Crippen molar-refractivity contribution in [3.63, 3.8) is 0 Å². The maximum absolute atomic E-state index is 12.9. The summed E-state index contributed by atoms with van der Waals surface area (Å²) in [6, 6.07) is 0. The van der Waals surface area contributed by atoms with Crippen LogP contribution in [0, 0.1) is 0 Å². The van der Waals surface area contributed by atoms with E-state index < -0.39 is 26.5 Å². The standard InChI is InChI=1S/C78H144NO8P/c1-6-8-10-12-14-16-18-20-22-24-26-28-30-32-34-35-36-37-38-39-40-41-42-43-45-47-49-51-53-55-57-59-61-63-65-67-69-71-78(81)87-76(75-86-88(82,83)85-73-72-79(3,4)5)74-84-77(80)70-68-66-64-62-60-58-56-54-52-50-48-46-44-33-31-29-27-25-23-21-19-17-15-13-11-9-7-2/h8,10,14,16,20,22,26,28,32,34,36-37,76H,6-7,9,11-13,15,17-19,21,23-25,27,29-31,33,35,38-75H2,1-5H3/b10-8-,16-14-,22-20-,28-26-,34-32-,37-36-. The lowest BCUT2D eigenvalue weighted by atomic mass is 10.0. The Labute approximate surface area is 546 Å². The predicted octanol–water partition coefficient (Wildman–Crippen LogP) is 24.1. The minimum absolute atomic E-state index is 0.0293. The summed E-state index contributed by atoms with van der Waals surface area (Å²) in [5.41, 5.74) is 0. The summed E-state index contributed by atoms with van der Waals surface area (Å²) in [6.07, 6.45) is 92.9. The van der Waals surface area contributed by atoms with Gasteiger partial charge >= 0.3 is 11.9 Å². The lowest BCUT2D eigenvalue weighted by Crippen LogP contribution is -2.37. The molecule has 0 N–H and O–H groups in total. The molecule has 0 saturated heterocycles. The van der Waals surface area contributed by atoms with Crippen LogP contribution in [-0.2, 0) is 32.7 Å². The first-order valence-electron chi connectivity index (χ1n) is 37.6. The number of rotatable bonds is 70. The van der Waals surface area contributed by atoms with Gasteiger partial charge in [0.1, 0.15) is 19.8 Å². The zero-order valence-corrected chi connectivity index (χ0v) is 59.6. The van der Waals surface area contributed by atoms with Gasteiger partial charge < -0.3 is 27.9 Å². The molecule has 0 aliphatic rings. The molecule has 0 bridgehead atoms. The number of unbranched alkanes of at least 4 members (excludes halogenated alkanes) is 44. The van der Waals surface area contributed by atoms with Crippen molar-refractivity contribution in [3.05, 3.63) is 72.9 Å². The zero-order valence-electron chi connectivity index (χ0n) is 58.7. The summed E-state index contributed by atoms with van der Waals surface area (Å²) in [5, 5.41) is 0. The van der Waals surface area contributed by atoms with Gasteiger partial charge in [0.25, 0.3) is 7.82 Å². The predicted molar refractivity (Wildman–Crippen MR) is 379 cm³/mol. The molecule has 0 aliphatic carbocycles. The summed E-state index contributed by atoms with van der Waals surface area (Å²) in [7, 11) is 1.18. The van der Waals surface area contributed by atoms with Crippen LogP contribution in [0.5, 0.6) is 0 Å². The lowest BCUT2D eigenvalue weighted by molar-refractivity contribution is -0.870. The Bertz CT molecular complexity index is 1710. The highest BCUT2D eigenvalue weighted by atomic mass is 31.2. The summed E-state index contributed by atoms with van der Waals surface area (Å²) >= 11 is 0. The van der Waals surface area contributed by atoms with Crippen molar-refractivity contribution < 1.29 is 42.1 Å². The van der Waals surface area contributed by atoms with Crippen LogP contribution in [0.4, 0.5) is 0 Å². The van der Waals surface area contributed by atoms with Gasteiger partial charge in [0.2, 0.25) is 0 Å². The Kier molecular flexibility index (Phi) is 66.8. The molecular weight excluding hydrogens is 1110 g/mol. The van der Waals surface area contributed by atoms with Crippen molar-refractivity contribution in [2.75, 3.05) is 47.5 Å². The molecule has 88 heavy (non-hydrogen) atoms. The fourth-order valence-corrected chi connectivity index (χ4v) is 11.7. The second-order valence-corrected chi connectivity index (χ2v) is 28.1. The summed E-state index contributed by atoms with van der Waals surface area (Å²) in [4.78, 5) is 38.1. The second-order valence-electron chi connectivity index (χ2n) is 26.6. The molecular formula is C78H144NO8P. The number of phosphoric acid groups is 1. The molecule has 2 unspecified atom stereocenters. The van der Waals surface area contributed by atoms with E-state index in [0.29, 0.717) is 17.4 Å². The molecule has 9 nitrogen and oxygen atoms in total. The van der Waals surface area contributed by atoms with Gasteiger partial charge in [-0.2, -0.15) is 0 Å². The first-order chi connectivity index (χ1) is 43.0. The second kappa shape index (κ2) is 68.8. The van der Waals surface area contributed by atoms with E-state index in [2.05, 4.69) is 86.8 Å². The maximum atomic E-state index is 12.9. The molecule has 0 radical (unpaired) electrons. The van der Waals surface area contributed by atoms with Crippen molar-refractivity contribution in [1.29, 1.82) is 0 Å². The number of ether oxygens (including phenoxy) is 2. The third-order valence-corrected chi connectivity index (χ3v) is 17.7. The smallest absolute Gasteiger partial charge is 0.306 e. The Morgan fingerprint density at radius 1 is 0.364 bits per heavy atom. The number of esters is 2. The van der Waals surface area contributed by atoms with E-state index >= 15 is 0 Å². The van der Waals surface area contributed by atoms with Crippen LogP contribution in [0.3, 0.4) is 0 Å². The molecule has 0 heterocycles. The molecule has 514 valence electrons. The molecule has 2 atom stereocenters. The SMILES string of the molecule is CC/C=C\C/C=C\C/C=C\C/C=C\C/C=C\C/C=C\CCCCCCCCCCCCCCCCCCCCC(=O)OC(COC(=O)CCCCCCCCCCCCCCCCCCCCCCCCCCCCC)COP(=O)([O-])OCC[N+](C)(C)C. The van der Waals surface area contributed by atoms with Crippen LogP contribution >= 0.6 is 7.82 Å². The number of hydrogen-bond acceptors (Lipinski definition) is 8. The molecule has 0 aliphatic heterocycles.